The lowest BCUT2D eigenvalue weighted by Crippen LogP contribution is -2.51. The molecule has 2 aromatic carbocycles. The predicted molar refractivity (Wildman–Crippen MR) is 145 cm³/mol. The molecule has 7 nitrogen and oxygen atoms in total. The molecule has 3 aliphatic heterocycles. The monoisotopic (exact) mass is 538 g/mol. The number of piperazine rings is 1. The van der Waals surface area contributed by atoms with Crippen LogP contribution < -0.4 is 15.0 Å². The van der Waals surface area contributed by atoms with E-state index >= 15 is 8.78 Å². The summed E-state index contributed by atoms with van der Waals surface area (Å²) in [6.45, 7) is 2.89. The molecular weight excluding hydrogens is 510 g/mol. The maximum atomic E-state index is 16.3. The lowest BCUT2D eigenvalue weighted by atomic mass is 10.0. The van der Waals surface area contributed by atoms with Gasteiger partial charge in [-0.1, -0.05) is 11.6 Å². The van der Waals surface area contributed by atoms with Gasteiger partial charge >= 0.3 is 6.01 Å². The fourth-order valence-corrected chi connectivity index (χ4v) is 6.51. The van der Waals surface area contributed by atoms with Crippen LogP contribution >= 0.6 is 11.6 Å². The van der Waals surface area contributed by atoms with Crippen molar-refractivity contribution in [1.29, 1.82) is 0 Å². The highest BCUT2D eigenvalue weighted by Gasteiger charge is 2.34. The second-order valence-corrected chi connectivity index (χ2v) is 11.2. The Balaban J connectivity index is 1.37. The van der Waals surface area contributed by atoms with E-state index in [1.54, 1.807) is 24.4 Å². The van der Waals surface area contributed by atoms with Crippen LogP contribution in [0.2, 0.25) is 5.02 Å². The van der Waals surface area contributed by atoms with Crippen molar-refractivity contribution in [2.24, 2.45) is 0 Å². The maximum Gasteiger partial charge on any atom is 0.319 e. The number of nitrogens with one attached hydrogen (secondary N) is 2. The van der Waals surface area contributed by atoms with Crippen LogP contribution in [0.25, 0.3) is 32.9 Å². The number of likely N-dealkylation sites (N-methyl/N-ethyl adjacent to an activating group) is 1. The molecule has 10 heteroatoms. The summed E-state index contributed by atoms with van der Waals surface area (Å²) in [6, 6.07) is 7.66. The number of H-pyrrole nitrogens is 1. The Hall–Kier alpha value is -3.01. The first-order valence-electron chi connectivity index (χ1n) is 13.3. The number of hydrogen-bond donors (Lipinski definition) is 2. The van der Waals surface area contributed by atoms with Gasteiger partial charge in [0.25, 0.3) is 0 Å². The molecule has 2 aromatic heterocycles. The zero-order valence-electron chi connectivity index (χ0n) is 21.1. The van der Waals surface area contributed by atoms with E-state index in [0.717, 1.165) is 50.8 Å². The molecule has 3 atom stereocenters. The summed E-state index contributed by atoms with van der Waals surface area (Å²) < 4.78 is 38.2. The molecule has 198 valence electrons. The number of rotatable bonds is 5. The van der Waals surface area contributed by atoms with Gasteiger partial charge in [-0.2, -0.15) is 9.97 Å². The van der Waals surface area contributed by atoms with Crippen LogP contribution in [0.4, 0.5) is 14.6 Å². The highest BCUT2D eigenvalue weighted by atomic mass is 35.5. The van der Waals surface area contributed by atoms with Gasteiger partial charge in [0.2, 0.25) is 0 Å². The number of anilines is 1. The van der Waals surface area contributed by atoms with Gasteiger partial charge in [-0.25, -0.2) is 8.78 Å². The van der Waals surface area contributed by atoms with Crippen LogP contribution in [-0.2, 0) is 0 Å². The number of nitrogens with zero attached hydrogens (tertiary/aromatic N) is 4. The minimum atomic E-state index is -0.731. The van der Waals surface area contributed by atoms with Gasteiger partial charge in [0.1, 0.15) is 23.8 Å². The van der Waals surface area contributed by atoms with E-state index < -0.39 is 11.6 Å². The van der Waals surface area contributed by atoms with Gasteiger partial charge < -0.3 is 24.8 Å². The lowest BCUT2D eigenvalue weighted by Gasteiger charge is -2.34. The SMILES string of the molecule is CN1CCC[C@H]1COc1nc(N2C[C@H]3CC[C@@H](C2)N3)c2cc(F)c(-c3c[nH]c4ccc(Cl)cc34)c(F)c2n1. The summed E-state index contributed by atoms with van der Waals surface area (Å²) >= 11 is 6.21. The summed E-state index contributed by atoms with van der Waals surface area (Å²) in [6.07, 6.45) is 5.92. The average Bonchev–Trinajstić information content (AvgIpc) is 3.60. The topological polar surface area (TPSA) is 69.3 Å². The number of hydrogen-bond acceptors (Lipinski definition) is 6. The highest BCUT2D eigenvalue weighted by molar-refractivity contribution is 6.31. The van der Waals surface area contributed by atoms with Crippen molar-refractivity contribution >= 4 is 39.2 Å². The number of halogens is 3. The van der Waals surface area contributed by atoms with E-state index in [-0.39, 0.29) is 23.1 Å². The first kappa shape index (κ1) is 24.1. The van der Waals surface area contributed by atoms with Gasteiger partial charge in [-0.15, -0.1) is 0 Å². The van der Waals surface area contributed by atoms with Gasteiger partial charge in [-0.05, 0) is 63.5 Å². The number of fused-ring (bicyclic) bond motifs is 4. The van der Waals surface area contributed by atoms with Gasteiger partial charge in [0, 0.05) is 64.3 Å². The van der Waals surface area contributed by atoms with E-state index in [1.807, 2.05) is 0 Å². The molecule has 2 N–H and O–H groups in total. The van der Waals surface area contributed by atoms with Gasteiger partial charge in [0.15, 0.2) is 5.82 Å². The second-order valence-electron chi connectivity index (χ2n) is 10.8. The summed E-state index contributed by atoms with van der Waals surface area (Å²) in [7, 11) is 2.08. The van der Waals surface area contributed by atoms with Crippen LogP contribution in [0.15, 0.2) is 30.5 Å². The normalized spacial score (nSPS) is 23.7. The fourth-order valence-electron chi connectivity index (χ4n) is 6.34. The predicted octanol–water partition coefficient (Wildman–Crippen LogP) is 5.12. The van der Waals surface area contributed by atoms with Crippen molar-refractivity contribution < 1.29 is 13.5 Å². The zero-order chi connectivity index (χ0) is 26.0. The molecular formula is C28H29ClF2N6O. The molecule has 0 radical (unpaired) electrons. The lowest BCUT2D eigenvalue weighted by molar-refractivity contribution is 0.188. The van der Waals surface area contributed by atoms with E-state index in [0.29, 0.717) is 45.9 Å². The Morgan fingerprint density at radius 1 is 1.08 bits per heavy atom. The van der Waals surface area contributed by atoms with E-state index in [2.05, 4.69) is 32.1 Å². The summed E-state index contributed by atoms with van der Waals surface area (Å²) in [4.78, 5) is 16.7. The Labute approximate surface area is 224 Å². The molecule has 2 bridgehead atoms. The Bertz CT molecular complexity index is 1530. The molecule has 0 saturated carbocycles. The maximum absolute atomic E-state index is 16.3. The third-order valence-corrected chi connectivity index (χ3v) is 8.58. The molecule has 3 saturated heterocycles. The standard InChI is InChI=1S/C28H29ClF2N6O/c1-36-8-2-3-18(36)14-38-28-34-26-20(27(35-28)37-12-16-5-6-17(13-37)33-16)10-22(30)24(25(26)31)21-11-32-23-7-4-15(29)9-19(21)23/h4,7,9-11,16-18,32-33H,2-3,5-6,8,12-14H2,1H3/t16-,17+,18-/m0/s1. The molecule has 0 unspecified atom stereocenters. The third kappa shape index (κ3) is 4.08. The number of aromatic amines is 1. The molecule has 7 rings (SSSR count). The van der Waals surface area contributed by atoms with Crippen molar-refractivity contribution in [1.82, 2.24) is 25.2 Å². The molecule has 4 aromatic rings. The van der Waals surface area contributed by atoms with Crippen LogP contribution in [0.1, 0.15) is 25.7 Å². The van der Waals surface area contributed by atoms with E-state index in [9.17, 15) is 0 Å². The van der Waals surface area contributed by atoms with E-state index in [1.165, 1.54) is 6.07 Å². The summed E-state index contributed by atoms with van der Waals surface area (Å²) in [5, 5.41) is 5.10. The zero-order valence-corrected chi connectivity index (χ0v) is 21.9. The van der Waals surface area contributed by atoms with Crippen molar-refractivity contribution in [3.63, 3.8) is 0 Å². The van der Waals surface area contributed by atoms with Crippen LogP contribution in [0.5, 0.6) is 6.01 Å². The quantitative estimate of drug-likeness (QED) is 0.367. The first-order valence-corrected chi connectivity index (χ1v) is 13.6. The number of ether oxygens (including phenoxy) is 1. The second kappa shape index (κ2) is 9.32. The Morgan fingerprint density at radius 3 is 2.66 bits per heavy atom. The highest BCUT2D eigenvalue weighted by Crippen LogP contribution is 2.39. The number of likely N-dealkylation sites (tertiary alicyclic amines) is 1. The Kier molecular flexibility index (Phi) is 5.90. The molecule has 0 spiro atoms. The van der Waals surface area contributed by atoms with Crippen LogP contribution in [0, 0.1) is 11.6 Å². The third-order valence-electron chi connectivity index (χ3n) is 8.35. The van der Waals surface area contributed by atoms with Crippen molar-refractivity contribution in [2.75, 3.05) is 38.2 Å². The fraction of sp³-hybridized carbons (Fsp3) is 0.429. The van der Waals surface area contributed by atoms with Gasteiger partial charge in [0.05, 0.1) is 5.56 Å². The molecule has 5 heterocycles. The summed E-state index contributed by atoms with van der Waals surface area (Å²) in [5.74, 6) is -0.875. The number of benzene rings is 2. The molecule has 38 heavy (non-hydrogen) atoms. The van der Waals surface area contributed by atoms with E-state index in [4.69, 9.17) is 21.3 Å². The molecule has 0 aliphatic carbocycles. The minimum Gasteiger partial charge on any atom is -0.462 e. The van der Waals surface area contributed by atoms with Crippen molar-refractivity contribution in [3.8, 4) is 17.1 Å². The largest absolute Gasteiger partial charge is 0.462 e. The molecule has 3 fully saturated rings. The van der Waals surface area contributed by atoms with Crippen LogP contribution in [0.3, 0.4) is 0 Å². The average molecular weight is 539 g/mol. The minimum absolute atomic E-state index is 0.0587. The smallest absolute Gasteiger partial charge is 0.319 e. The Morgan fingerprint density at radius 2 is 1.89 bits per heavy atom. The summed E-state index contributed by atoms with van der Waals surface area (Å²) in [5.41, 5.74) is 1.06. The first-order chi connectivity index (χ1) is 18.4. The van der Waals surface area contributed by atoms with Crippen molar-refractivity contribution in [3.05, 3.63) is 47.1 Å². The van der Waals surface area contributed by atoms with Gasteiger partial charge in [-0.3, -0.25) is 0 Å². The molecule has 0 amide bonds. The van der Waals surface area contributed by atoms with Crippen molar-refractivity contribution in [2.45, 2.75) is 43.8 Å². The van der Waals surface area contributed by atoms with Crippen LogP contribution in [-0.4, -0.2) is 71.3 Å². The number of aromatic nitrogens is 3. The molecule has 3 aliphatic rings.